The minimum absolute atomic E-state index is 0.175. The summed E-state index contributed by atoms with van der Waals surface area (Å²) in [5.41, 5.74) is -1.52. The number of hydrogen-bond donors (Lipinski definition) is 4. The van der Waals surface area contributed by atoms with Crippen LogP contribution in [-0.2, 0) is 0 Å². The van der Waals surface area contributed by atoms with E-state index in [0.29, 0.717) is 11.6 Å². The quantitative estimate of drug-likeness (QED) is 0.602. The third kappa shape index (κ3) is 4.59. The molecule has 0 aliphatic heterocycles. The van der Waals surface area contributed by atoms with Crippen molar-refractivity contribution in [3.63, 3.8) is 0 Å². The molecule has 10 nitrogen and oxygen atoms in total. The zero-order valence-electron chi connectivity index (χ0n) is 13.9. The standard InChI is InChI=1S/C8H7ClN2O3.C8H8N2O3/c9-4-5(8(13)14)10-6(3-1-2-3)11-7(4)12;11-6-3-5(8(12)13)9-7(10-6)4-1-2-4/h3H,1-2H2,(H,13,14)(H,10,11,12);3-4H,1-2H2,(H,12,13)(H,9,10,11). The number of nitrogens with zero attached hydrogens (tertiary/aromatic N) is 2. The number of nitrogens with one attached hydrogen (secondary N) is 2. The number of carboxylic acids is 2. The van der Waals surface area contributed by atoms with Crippen LogP contribution in [0.4, 0.5) is 0 Å². The van der Waals surface area contributed by atoms with Crippen LogP contribution in [0.2, 0.25) is 5.02 Å². The Morgan fingerprint density at radius 3 is 2.00 bits per heavy atom. The van der Waals surface area contributed by atoms with Crippen LogP contribution >= 0.6 is 11.6 Å². The van der Waals surface area contributed by atoms with E-state index >= 15 is 0 Å². The molecular weight excluding hydrogens is 380 g/mol. The fourth-order valence-corrected chi connectivity index (χ4v) is 2.47. The summed E-state index contributed by atoms with van der Waals surface area (Å²) in [7, 11) is 0. The molecule has 2 saturated carbocycles. The molecule has 2 aliphatic carbocycles. The molecule has 0 atom stereocenters. The van der Waals surface area contributed by atoms with Crippen LogP contribution in [0.1, 0.15) is 70.1 Å². The highest BCUT2D eigenvalue weighted by atomic mass is 35.5. The van der Waals surface area contributed by atoms with E-state index in [1.54, 1.807) is 0 Å². The topological polar surface area (TPSA) is 166 Å². The number of carboxylic acid groups (broad SMARTS) is 2. The van der Waals surface area contributed by atoms with Crippen LogP contribution in [0.5, 0.6) is 0 Å². The Morgan fingerprint density at radius 1 is 0.963 bits per heavy atom. The van der Waals surface area contributed by atoms with Crippen molar-refractivity contribution in [3.05, 3.63) is 54.8 Å². The molecule has 4 N–H and O–H groups in total. The largest absolute Gasteiger partial charge is 0.477 e. The zero-order valence-corrected chi connectivity index (χ0v) is 14.6. The Morgan fingerprint density at radius 2 is 1.52 bits per heavy atom. The number of carbonyl (C=O) groups is 2. The summed E-state index contributed by atoms with van der Waals surface area (Å²) in [6.45, 7) is 0. The minimum Gasteiger partial charge on any atom is -0.477 e. The van der Waals surface area contributed by atoms with Crippen molar-refractivity contribution >= 4 is 23.5 Å². The van der Waals surface area contributed by atoms with E-state index in [-0.39, 0.29) is 28.2 Å². The van der Waals surface area contributed by atoms with Gasteiger partial charge in [0, 0.05) is 17.9 Å². The number of hydrogen-bond acceptors (Lipinski definition) is 6. The molecule has 0 spiro atoms. The summed E-state index contributed by atoms with van der Waals surface area (Å²) in [6, 6.07) is 0.994. The molecule has 0 radical (unpaired) electrons. The first kappa shape index (κ1) is 18.8. The van der Waals surface area contributed by atoms with Crippen molar-refractivity contribution in [3.8, 4) is 0 Å². The minimum atomic E-state index is -1.27. The van der Waals surface area contributed by atoms with Gasteiger partial charge in [0.15, 0.2) is 11.4 Å². The number of aromatic amines is 2. The molecule has 0 aromatic carbocycles. The summed E-state index contributed by atoms with van der Waals surface area (Å²) < 4.78 is 0. The van der Waals surface area contributed by atoms with Crippen LogP contribution in [0, 0.1) is 0 Å². The van der Waals surface area contributed by atoms with Gasteiger partial charge in [-0.05, 0) is 25.7 Å². The Bertz CT molecular complexity index is 1020. The third-order valence-electron chi connectivity index (χ3n) is 3.99. The molecule has 142 valence electrons. The fourth-order valence-electron chi connectivity index (χ4n) is 2.30. The molecule has 0 saturated heterocycles. The Kier molecular flexibility index (Phi) is 5.08. The van der Waals surface area contributed by atoms with Gasteiger partial charge >= 0.3 is 11.9 Å². The third-order valence-corrected chi connectivity index (χ3v) is 4.34. The predicted octanol–water partition coefficient (Wildman–Crippen LogP) is 1.34. The van der Waals surface area contributed by atoms with Crippen molar-refractivity contribution in [1.29, 1.82) is 0 Å². The second kappa shape index (κ2) is 7.31. The zero-order chi connectivity index (χ0) is 19.7. The normalized spacial score (nSPS) is 15.6. The Hall–Kier alpha value is -3.01. The molecule has 0 unspecified atom stereocenters. The van der Waals surface area contributed by atoms with E-state index in [2.05, 4.69) is 19.9 Å². The first-order chi connectivity index (χ1) is 12.8. The summed E-state index contributed by atoms with van der Waals surface area (Å²) in [5, 5.41) is 17.0. The molecular formula is C16H15ClN4O6. The average molecular weight is 395 g/mol. The number of rotatable bonds is 4. The molecule has 2 aromatic heterocycles. The molecule has 2 aromatic rings. The average Bonchev–Trinajstić information content (AvgIpc) is 3.48. The lowest BCUT2D eigenvalue weighted by atomic mass is 10.3. The Labute approximate surface area is 156 Å². The van der Waals surface area contributed by atoms with Gasteiger partial charge < -0.3 is 20.2 Å². The number of aromatic nitrogens is 4. The molecule has 2 aliphatic rings. The maximum atomic E-state index is 11.2. The molecule has 0 amide bonds. The van der Waals surface area contributed by atoms with E-state index < -0.39 is 23.1 Å². The van der Waals surface area contributed by atoms with Crippen molar-refractivity contribution in [2.24, 2.45) is 0 Å². The van der Waals surface area contributed by atoms with E-state index in [4.69, 9.17) is 21.8 Å². The van der Waals surface area contributed by atoms with E-state index in [1.165, 1.54) is 0 Å². The van der Waals surface area contributed by atoms with Crippen molar-refractivity contribution in [2.75, 3.05) is 0 Å². The molecule has 0 bridgehead atoms. The first-order valence-corrected chi connectivity index (χ1v) is 8.51. The van der Waals surface area contributed by atoms with Crippen LogP contribution in [-0.4, -0.2) is 42.1 Å². The van der Waals surface area contributed by atoms with Gasteiger partial charge in [-0.2, -0.15) is 0 Å². The van der Waals surface area contributed by atoms with Gasteiger partial charge in [0.2, 0.25) is 0 Å². The summed E-state index contributed by atoms with van der Waals surface area (Å²) >= 11 is 5.50. The van der Waals surface area contributed by atoms with Gasteiger partial charge in [-0.3, -0.25) is 9.59 Å². The molecule has 27 heavy (non-hydrogen) atoms. The van der Waals surface area contributed by atoms with E-state index in [9.17, 15) is 19.2 Å². The maximum absolute atomic E-state index is 11.2. The highest BCUT2D eigenvalue weighted by Gasteiger charge is 2.28. The van der Waals surface area contributed by atoms with Crippen LogP contribution in [0.25, 0.3) is 0 Å². The summed E-state index contributed by atoms with van der Waals surface area (Å²) in [5.74, 6) is -1.05. The highest BCUT2D eigenvalue weighted by molar-refractivity contribution is 6.32. The number of halogens is 1. The molecule has 2 fully saturated rings. The van der Waals surface area contributed by atoms with Gasteiger partial charge in [-0.1, -0.05) is 11.6 Å². The van der Waals surface area contributed by atoms with E-state index in [1.807, 2.05) is 0 Å². The highest BCUT2D eigenvalue weighted by Crippen LogP contribution is 2.38. The van der Waals surface area contributed by atoms with Gasteiger partial charge in [-0.15, -0.1) is 0 Å². The lowest BCUT2D eigenvalue weighted by molar-refractivity contribution is 0.0679. The van der Waals surface area contributed by atoms with Crippen LogP contribution in [0.3, 0.4) is 0 Å². The van der Waals surface area contributed by atoms with Crippen LogP contribution in [0.15, 0.2) is 15.7 Å². The summed E-state index contributed by atoms with van der Waals surface area (Å²) in [6.07, 6.45) is 3.82. The van der Waals surface area contributed by atoms with Crippen molar-refractivity contribution in [1.82, 2.24) is 19.9 Å². The number of H-pyrrole nitrogens is 2. The van der Waals surface area contributed by atoms with Crippen molar-refractivity contribution in [2.45, 2.75) is 37.5 Å². The fraction of sp³-hybridized carbons (Fsp3) is 0.375. The monoisotopic (exact) mass is 394 g/mol. The van der Waals surface area contributed by atoms with Gasteiger partial charge in [0.05, 0.1) is 0 Å². The lowest BCUT2D eigenvalue weighted by Gasteiger charge is -2.00. The number of aromatic carboxylic acids is 2. The molecule has 11 heteroatoms. The van der Waals surface area contributed by atoms with Gasteiger partial charge in [0.25, 0.3) is 11.1 Å². The predicted molar refractivity (Wildman–Crippen MR) is 92.6 cm³/mol. The lowest BCUT2D eigenvalue weighted by Crippen LogP contribution is -2.17. The maximum Gasteiger partial charge on any atom is 0.356 e. The Balaban J connectivity index is 0.000000156. The van der Waals surface area contributed by atoms with Crippen LogP contribution < -0.4 is 11.1 Å². The van der Waals surface area contributed by atoms with Gasteiger partial charge in [0.1, 0.15) is 16.7 Å². The first-order valence-electron chi connectivity index (χ1n) is 8.13. The molecule has 2 heterocycles. The SMILES string of the molecule is O=C(O)c1cc(=O)[nH]c(C2CC2)n1.O=C(O)c1nc(C2CC2)[nH]c(=O)c1Cl. The van der Waals surface area contributed by atoms with Crippen molar-refractivity contribution < 1.29 is 19.8 Å². The summed E-state index contributed by atoms with van der Waals surface area (Å²) in [4.78, 5) is 56.1. The second-order valence-electron chi connectivity index (χ2n) is 6.29. The van der Waals surface area contributed by atoms with Gasteiger partial charge in [-0.25, -0.2) is 19.6 Å². The molecule has 4 rings (SSSR count). The second-order valence-corrected chi connectivity index (χ2v) is 6.67. The smallest absolute Gasteiger partial charge is 0.356 e. The van der Waals surface area contributed by atoms with E-state index in [0.717, 1.165) is 31.7 Å².